The summed E-state index contributed by atoms with van der Waals surface area (Å²) in [6.45, 7) is 0.292. The number of aryl methyl sites for hydroxylation is 1. The Labute approximate surface area is 117 Å². The SMILES string of the molecule is NC(=O)C1CC(=O)CCN1C(=O)CCc1ccccc1. The highest BCUT2D eigenvalue weighted by molar-refractivity contribution is 5.93. The van der Waals surface area contributed by atoms with Gasteiger partial charge in [-0.3, -0.25) is 14.4 Å². The highest BCUT2D eigenvalue weighted by Gasteiger charge is 2.33. The Balaban J connectivity index is 1.97. The van der Waals surface area contributed by atoms with Crippen LogP contribution in [0.5, 0.6) is 0 Å². The van der Waals surface area contributed by atoms with Crippen LogP contribution in [0.1, 0.15) is 24.8 Å². The molecular weight excluding hydrogens is 256 g/mol. The Kier molecular flexibility index (Phi) is 4.50. The molecule has 1 aliphatic rings. The van der Waals surface area contributed by atoms with E-state index in [1.807, 2.05) is 30.3 Å². The summed E-state index contributed by atoms with van der Waals surface area (Å²) < 4.78 is 0. The normalized spacial score (nSPS) is 18.9. The molecule has 1 aromatic carbocycles. The van der Waals surface area contributed by atoms with E-state index in [0.29, 0.717) is 25.8 Å². The van der Waals surface area contributed by atoms with Gasteiger partial charge in [0.05, 0.1) is 0 Å². The largest absolute Gasteiger partial charge is 0.368 e. The molecular formula is C15H18N2O3. The van der Waals surface area contributed by atoms with Gasteiger partial charge in [0.15, 0.2) is 0 Å². The number of ketones is 1. The molecule has 0 aliphatic carbocycles. The Bertz CT molecular complexity index is 513. The maximum atomic E-state index is 12.2. The van der Waals surface area contributed by atoms with Gasteiger partial charge in [-0.2, -0.15) is 0 Å². The van der Waals surface area contributed by atoms with Gasteiger partial charge in [0.1, 0.15) is 11.8 Å². The van der Waals surface area contributed by atoms with Crippen molar-refractivity contribution in [2.75, 3.05) is 6.54 Å². The van der Waals surface area contributed by atoms with Crippen LogP contribution in [0.4, 0.5) is 0 Å². The summed E-state index contributed by atoms with van der Waals surface area (Å²) in [5.74, 6) is -0.739. The summed E-state index contributed by atoms with van der Waals surface area (Å²) in [5, 5.41) is 0. The summed E-state index contributed by atoms with van der Waals surface area (Å²) in [7, 11) is 0. The number of piperidine rings is 1. The highest BCUT2D eigenvalue weighted by Crippen LogP contribution is 2.16. The smallest absolute Gasteiger partial charge is 0.240 e. The summed E-state index contributed by atoms with van der Waals surface area (Å²) in [6.07, 6.45) is 1.30. The van der Waals surface area contributed by atoms with Crippen molar-refractivity contribution in [2.24, 2.45) is 5.73 Å². The van der Waals surface area contributed by atoms with Crippen molar-refractivity contribution in [2.45, 2.75) is 31.7 Å². The van der Waals surface area contributed by atoms with Crippen molar-refractivity contribution in [1.29, 1.82) is 0 Å². The number of carbonyl (C=O) groups is 3. The lowest BCUT2D eigenvalue weighted by Crippen LogP contribution is -2.52. The molecule has 1 heterocycles. The molecule has 20 heavy (non-hydrogen) atoms. The van der Waals surface area contributed by atoms with Crippen LogP contribution >= 0.6 is 0 Å². The second-order valence-electron chi connectivity index (χ2n) is 4.98. The maximum absolute atomic E-state index is 12.2. The topological polar surface area (TPSA) is 80.5 Å². The number of benzene rings is 1. The number of likely N-dealkylation sites (tertiary alicyclic amines) is 1. The first-order valence-corrected chi connectivity index (χ1v) is 6.72. The number of nitrogens with zero attached hydrogens (tertiary/aromatic N) is 1. The molecule has 0 spiro atoms. The number of hydrogen-bond acceptors (Lipinski definition) is 3. The van der Waals surface area contributed by atoms with E-state index in [1.54, 1.807) is 0 Å². The molecule has 2 rings (SSSR count). The van der Waals surface area contributed by atoms with Crippen molar-refractivity contribution in [3.05, 3.63) is 35.9 Å². The molecule has 1 saturated heterocycles. The van der Waals surface area contributed by atoms with Crippen molar-refractivity contribution in [3.63, 3.8) is 0 Å². The van der Waals surface area contributed by atoms with E-state index in [0.717, 1.165) is 5.56 Å². The van der Waals surface area contributed by atoms with Crippen LogP contribution in [0.2, 0.25) is 0 Å². The first-order valence-electron chi connectivity index (χ1n) is 6.72. The highest BCUT2D eigenvalue weighted by atomic mass is 16.2. The molecule has 0 aromatic heterocycles. The molecule has 2 amide bonds. The summed E-state index contributed by atoms with van der Waals surface area (Å²) in [4.78, 5) is 36.4. The zero-order chi connectivity index (χ0) is 14.5. The van der Waals surface area contributed by atoms with Crippen LogP contribution in [0.3, 0.4) is 0 Å². The molecule has 1 fully saturated rings. The lowest BCUT2D eigenvalue weighted by molar-refractivity contribution is -0.144. The van der Waals surface area contributed by atoms with Gasteiger partial charge in [-0.1, -0.05) is 30.3 Å². The molecule has 1 aliphatic heterocycles. The van der Waals surface area contributed by atoms with Crippen molar-refractivity contribution >= 4 is 17.6 Å². The molecule has 0 radical (unpaired) electrons. The third-order valence-corrected chi connectivity index (χ3v) is 3.55. The van der Waals surface area contributed by atoms with Gasteiger partial charge in [-0.05, 0) is 12.0 Å². The predicted octanol–water partition coefficient (Wildman–Crippen LogP) is 0.665. The van der Waals surface area contributed by atoms with Crippen LogP contribution in [0.25, 0.3) is 0 Å². The molecule has 0 saturated carbocycles. The lowest BCUT2D eigenvalue weighted by atomic mass is 9.99. The number of hydrogen-bond donors (Lipinski definition) is 1. The predicted molar refractivity (Wildman–Crippen MR) is 73.7 cm³/mol. The fraction of sp³-hybridized carbons (Fsp3) is 0.400. The van der Waals surface area contributed by atoms with Gasteiger partial charge in [-0.15, -0.1) is 0 Å². The first-order chi connectivity index (χ1) is 9.58. The maximum Gasteiger partial charge on any atom is 0.240 e. The summed E-state index contributed by atoms with van der Waals surface area (Å²) in [6, 6.07) is 8.90. The van der Waals surface area contributed by atoms with Crippen LogP contribution in [-0.2, 0) is 20.8 Å². The fourth-order valence-corrected chi connectivity index (χ4v) is 2.42. The minimum atomic E-state index is -0.778. The molecule has 106 valence electrons. The van der Waals surface area contributed by atoms with Gasteiger partial charge in [-0.25, -0.2) is 0 Å². The zero-order valence-electron chi connectivity index (χ0n) is 11.2. The molecule has 5 heteroatoms. The van der Waals surface area contributed by atoms with Crippen LogP contribution < -0.4 is 5.73 Å². The number of Topliss-reactive ketones (excluding diaryl/α,β-unsaturated/α-hetero) is 1. The Morgan fingerprint density at radius 3 is 2.60 bits per heavy atom. The lowest BCUT2D eigenvalue weighted by Gasteiger charge is -2.33. The summed E-state index contributed by atoms with van der Waals surface area (Å²) in [5.41, 5.74) is 6.35. The monoisotopic (exact) mass is 274 g/mol. The van der Waals surface area contributed by atoms with E-state index in [-0.39, 0.29) is 18.1 Å². The van der Waals surface area contributed by atoms with E-state index in [1.165, 1.54) is 4.90 Å². The molecule has 2 N–H and O–H groups in total. The van der Waals surface area contributed by atoms with Gasteiger partial charge in [0.2, 0.25) is 11.8 Å². The van der Waals surface area contributed by atoms with Crippen LogP contribution in [-0.4, -0.2) is 35.1 Å². The summed E-state index contributed by atoms with van der Waals surface area (Å²) >= 11 is 0. The third kappa shape index (κ3) is 3.44. The Hall–Kier alpha value is -2.17. The van der Waals surface area contributed by atoms with Crippen LogP contribution in [0, 0.1) is 0 Å². The molecule has 0 bridgehead atoms. The third-order valence-electron chi connectivity index (χ3n) is 3.55. The number of rotatable bonds is 4. The van der Waals surface area contributed by atoms with Gasteiger partial charge in [0.25, 0.3) is 0 Å². The van der Waals surface area contributed by atoms with Crippen LogP contribution in [0.15, 0.2) is 30.3 Å². The number of carbonyl (C=O) groups excluding carboxylic acids is 3. The standard InChI is InChI=1S/C15H18N2O3/c16-15(20)13-10-12(18)8-9-17(13)14(19)7-6-11-4-2-1-3-5-11/h1-5,13H,6-10H2,(H2,16,20). The minimum absolute atomic E-state index is 0.0130. The average molecular weight is 274 g/mol. The van der Waals surface area contributed by atoms with E-state index in [9.17, 15) is 14.4 Å². The second kappa shape index (κ2) is 6.32. The van der Waals surface area contributed by atoms with Crippen molar-refractivity contribution in [3.8, 4) is 0 Å². The molecule has 1 atom stereocenters. The van der Waals surface area contributed by atoms with Crippen molar-refractivity contribution < 1.29 is 14.4 Å². The molecule has 5 nitrogen and oxygen atoms in total. The van der Waals surface area contributed by atoms with E-state index >= 15 is 0 Å². The van der Waals surface area contributed by atoms with Gasteiger partial charge in [0, 0.05) is 25.8 Å². The first kappa shape index (κ1) is 14.2. The van der Waals surface area contributed by atoms with E-state index in [4.69, 9.17) is 5.73 Å². The molecule has 1 aromatic rings. The number of nitrogens with two attached hydrogens (primary N) is 1. The Morgan fingerprint density at radius 1 is 1.25 bits per heavy atom. The van der Waals surface area contributed by atoms with Crippen molar-refractivity contribution in [1.82, 2.24) is 4.90 Å². The van der Waals surface area contributed by atoms with E-state index in [2.05, 4.69) is 0 Å². The minimum Gasteiger partial charge on any atom is -0.368 e. The quantitative estimate of drug-likeness (QED) is 0.876. The van der Waals surface area contributed by atoms with E-state index < -0.39 is 11.9 Å². The average Bonchev–Trinajstić information content (AvgIpc) is 2.45. The number of amides is 2. The zero-order valence-corrected chi connectivity index (χ0v) is 11.2. The second-order valence-corrected chi connectivity index (χ2v) is 4.98. The fourth-order valence-electron chi connectivity index (χ4n) is 2.42. The van der Waals surface area contributed by atoms with Gasteiger partial charge >= 0.3 is 0 Å². The molecule has 1 unspecified atom stereocenters. The number of primary amides is 1. The Morgan fingerprint density at radius 2 is 1.95 bits per heavy atom. The van der Waals surface area contributed by atoms with Gasteiger partial charge < -0.3 is 10.6 Å².